The maximum atomic E-state index is 4.56. The van der Waals surface area contributed by atoms with Gasteiger partial charge in [0, 0.05) is 22.0 Å². The van der Waals surface area contributed by atoms with Crippen LogP contribution in [0.1, 0.15) is 11.1 Å². The Labute approximate surface area is 137 Å². The van der Waals surface area contributed by atoms with Crippen molar-refractivity contribution in [2.24, 2.45) is 0 Å². The van der Waals surface area contributed by atoms with E-state index in [1.54, 1.807) is 6.33 Å². The average Bonchev–Trinajstić information content (AvgIpc) is 2.54. The van der Waals surface area contributed by atoms with Crippen LogP contribution in [0.15, 0.2) is 48.8 Å². The molecule has 4 rings (SSSR count). The highest BCUT2D eigenvalue weighted by Gasteiger charge is 2.19. The Kier molecular flexibility index (Phi) is 3.25. The molecule has 0 amide bonds. The van der Waals surface area contributed by atoms with E-state index in [0.29, 0.717) is 0 Å². The first-order chi connectivity index (χ1) is 10.3. The van der Waals surface area contributed by atoms with Crippen molar-refractivity contribution in [1.82, 2.24) is 9.97 Å². The first-order valence-electron chi connectivity index (χ1n) is 7.03. The van der Waals surface area contributed by atoms with Crippen LogP contribution in [0.2, 0.25) is 0 Å². The van der Waals surface area contributed by atoms with Crippen molar-refractivity contribution in [2.45, 2.75) is 13.0 Å². The molecule has 3 aromatic rings. The zero-order valence-corrected chi connectivity index (χ0v) is 13.6. The molecule has 1 aliphatic rings. The summed E-state index contributed by atoms with van der Waals surface area (Å²) in [4.78, 5) is 11.3. The standard InChI is InChI=1S/C17H14IN3/c18-14-5-6-16-15(9-14)17(20-11-19-16)21-8-7-12-3-1-2-4-13(12)10-21/h1-6,9,11H,7-8,10H2. The molecular formula is C17H14IN3. The van der Waals surface area contributed by atoms with Gasteiger partial charge in [0.2, 0.25) is 0 Å². The summed E-state index contributed by atoms with van der Waals surface area (Å²) in [5, 5.41) is 1.14. The number of aromatic nitrogens is 2. The van der Waals surface area contributed by atoms with E-state index >= 15 is 0 Å². The van der Waals surface area contributed by atoms with Gasteiger partial charge < -0.3 is 4.90 Å². The van der Waals surface area contributed by atoms with Crippen LogP contribution in [-0.4, -0.2) is 16.5 Å². The SMILES string of the molecule is Ic1ccc2ncnc(N3CCc4ccccc4C3)c2c1. The molecule has 0 saturated carbocycles. The van der Waals surface area contributed by atoms with Crippen LogP contribution in [0.3, 0.4) is 0 Å². The summed E-state index contributed by atoms with van der Waals surface area (Å²) in [5.41, 5.74) is 3.88. The molecule has 1 aromatic heterocycles. The lowest BCUT2D eigenvalue weighted by molar-refractivity contribution is 0.723. The third-order valence-electron chi connectivity index (χ3n) is 4.01. The van der Waals surface area contributed by atoms with Gasteiger partial charge in [-0.25, -0.2) is 9.97 Å². The van der Waals surface area contributed by atoms with Gasteiger partial charge in [0.1, 0.15) is 12.1 Å². The summed E-state index contributed by atoms with van der Waals surface area (Å²) < 4.78 is 1.22. The number of anilines is 1. The molecule has 0 spiro atoms. The number of hydrogen-bond acceptors (Lipinski definition) is 3. The lowest BCUT2D eigenvalue weighted by atomic mass is 10.00. The largest absolute Gasteiger partial charge is 0.351 e. The van der Waals surface area contributed by atoms with Crippen molar-refractivity contribution in [3.63, 3.8) is 0 Å². The number of nitrogens with zero attached hydrogens (tertiary/aromatic N) is 3. The van der Waals surface area contributed by atoms with Crippen molar-refractivity contribution >= 4 is 39.3 Å². The topological polar surface area (TPSA) is 29.0 Å². The number of halogens is 1. The van der Waals surface area contributed by atoms with Crippen LogP contribution < -0.4 is 4.90 Å². The summed E-state index contributed by atoms with van der Waals surface area (Å²) in [6.07, 6.45) is 2.75. The molecule has 0 unspecified atom stereocenters. The zero-order chi connectivity index (χ0) is 14.2. The molecule has 104 valence electrons. The summed E-state index contributed by atoms with van der Waals surface area (Å²) in [6, 6.07) is 15.0. The molecule has 0 N–H and O–H groups in total. The van der Waals surface area contributed by atoms with Gasteiger partial charge in [0.05, 0.1) is 5.52 Å². The monoisotopic (exact) mass is 387 g/mol. The predicted octanol–water partition coefficient (Wildman–Crippen LogP) is 3.80. The van der Waals surface area contributed by atoms with E-state index in [1.165, 1.54) is 14.7 Å². The minimum atomic E-state index is 0.924. The highest BCUT2D eigenvalue weighted by molar-refractivity contribution is 14.1. The van der Waals surface area contributed by atoms with Gasteiger partial charge in [-0.1, -0.05) is 24.3 Å². The van der Waals surface area contributed by atoms with Crippen molar-refractivity contribution in [2.75, 3.05) is 11.4 Å². The Balaban J connectivity index is 1.80. The van der Waals surface area contributed by atoms with E-state index in [9.17, 15) is 0 Å². The van der Waals surface area contributed by atoms with Crippen LogP contribution in [0.25, 0.3) is 10.9 Å². The molecule has 21 heavy (non-hydrogen) atoms. The number of fused-ring (bicyclic) bond motifs is 2. The molecule has 2 aromatic carbocycles. The second-order valence-electron chi connectivity index (χ2n) is 5.30. The fourth-order valence-electron chi connectivity index (χ4n) is 2.94. The molecule has 0 aliphatic carbocycles. The van der Waals surface area contributed by atoms with Crippen molar-refractivity contribution in [3.05, 3.63) is 63.5 Å². The Bertz CT molecular complexity index is 816. The van der Waals surface area contributed by atoms with Gasteiger partial charge in [-0.15, -0.1) is 0 Å². The normalized spacial score (nSPS) is 14.2. The van der Waals surface area contributed by atoms with Crippen molar-refractivity contribution < 1.29 is 0 Å². The number of rotatable bonds is 1. The minimum absolute atomic E-state index is 0.924. The average molecular weight is 387 g/mol. The molecule has 4 heteroatoms. The van der Waals surface area contributed by atoms with Crippen LogP contribution >= 0.6 is 22.6 Å². The van der Waals surface area contributed by atoms with E-state index in [4.69, 9.17) is 0 Å². The van der Waals surface area contributed by atoms with Gasteiger partial charge in [0.15, 0.2) is 0 Å². The Morgan fingerprint density at radius 2 is 1.86 bits per heavy atom. The maximum absolute atomic E-state index is 4.56. The lowest BCUT2D eigenvalue weighted by Crippen LogP contribution is -2.31. The first-order valence-corrected chi connectivity index (χ1v) is 8.11. The van der Waals surface area contributed by atoms with Gasteiger partial charge in [-0.3, -0.25) is 0 Å². The molecule has 0 radical (unpaired) electrons. The Morgan fingerprint density at radius 3 is 2.76 bits per heavy atom. The van der Waals surface area contributed by atoms with Gasteiger partial charge >= 0.3 is 0 Å². The highest BCUT2D eigenvalue weighted by atomic mass is 127. The van der Waals surface area contributed by atoms with Crippen LogP contribution in [0.5, 0.6) is 0 Å². The van der Waals surface area contributed by atoms with E-state index in [1.807, 2.05) is 0 Å². The maximum Gasteiger partial charge on any atom is 0.140 e. The van der Waals surface area contributed by atoms with Crippen molar-refractivity contribution in [1.29, 1.82) is 0 Å². The van der Waals surface area contributed by atoms with Gasteiger partial charge in [-0.2, -0.15) is 0 Å². The Hall–Kier alpha value is -1.69. The fraction of sp³-hybridized carbons (Fsp3) is 0.176. The lowest BCUT2D eigenvalue weighted by Gasteiger charge is -2.30. The van der Waals surface area contributed by atoms with Crippen LogP contribution in [0, 0.1) is 3.57 Å². The van der Waals surface area contributed by atoms with E-state index in [2.05, 4.69) is 79.9 Å². The predicted molar refractivity (Wildman–Crippen MR) is 93.5 cm³/mol. The summed E-state index contributed by atoms with van der Waals surface area (Å²) in [6.45, 7) is 1.93. The second kappa shape index (κ2) is 5.26. The van der Waals surface area contributed by atoms with E-state index in [-0.39, 0.29) is 0 Å². The van der Waals surface area contributed by atoms with Crippen LogP contribution in [0.4, 0.5) is 5.82 Å². The third-order valence-corrected chi connectivity index (χ3v) is 4.68. The quantitative estimate of drug-likeness (QED) is 0.595. The summed E-state index contributed by atoms with van der Waals surface area (Å²) >= 11 is 2.34. The molecule has 0 saturated heterocycles. The number of benzene rings is 2. The third kappa shape index (κ3) is 2.37. The van der Waals surface area contributed by atoms with Crippen molar-refractivity contribution in [3.8, 4) is 0 Å². The fourth-order valence-corrected chi connectivity index (χ4v) is 3.43. The van der Waals surface area contributed by atoms with Crippen LogP contribution in [-0.2, 0) is 13.0 Å². The van der Waals surface area contributed by atoms with E-state index < -0.39 is 0 Å². The Morgan fingerprint density at radius 1 is 1.00 bits per heavy atom. The molecule has 3 nitrogen and oxygen atoms in total. The van der Waals surface area contributed by atoms with E-state index in [0.717, 1.165) is 36.2 Å². The minimum Gasteiger partial charge on any atom is -0.351 e. The molecular weight excluding hydrogens is 373 g/mol. The number of hydrogen-bond donors (Lipinski definition) is 0. The smallest absolute Gasteiger partial charge is 0.140 e. The second-order valence-corrected chi connectivity index (χ2v) is 6.54. The molecule has 0 atom stereocenters. The molecule has 2 heterocycles. The summed E-state index contributed by atoms with van der Waals surface area (Å²) in [5.74, 6) is 1.05. The highest BCUT2D eigenvalue weighted by Crippen LogP contribution is 2.29. The van der Waals surface area contributed by atoms with Gasteiger partial charge in [-0.05, 0) is 58.3 Å². The molecule has 1 aliphatic heterocycles. The zero-order valence-electron chi connectivity index (χ0n) is 11.5. The molecule has 0 bridgehead atoms. The van der Waals surface area contributed by atoms with Gasteiger partial charge in [0.25, 0.3) is 0 Å². The first kappa shape index (κ1) is 13.0. The molecule has 0 fully saturated rings. The summed E-state index contributed by atoms with van der Waals surface area (Å²) in [7, 11) is 0.